The standard InChI is InChI=1S/C61H114O6/c1-4-7-10-13-16-18-20-22-24-26-27-28-29-30-31-32-33-35-36-38-40-42-45-48-51-54-60(63)66-57-58(56-65-59(62)53-50-47-44-15-12-9-6-3)67-61(64)55-52-49-46-43-41-39-37-34-25-23-21-19-17-14-11-8-5-2/h20,22,26-27,58H,4-19,21,23-25,28-57H2,1-3H3/b22-20-,27-26-. The van der Waals surface area contributed by atoms with Crippen molar-refractivity contribution in [1.29, 1.82) is 0 Å². The van der Waals surface area contributed by atoms with Gasteiger partial charge < -0.3 is 14.2 Å². The summed E-state index contributed by atoms with van der Waals surface area (Å²) in [5.41, 5.74) is 0. The van der Waals surface area contributed by atoms with Crippen LogP contribution in [0.4, 0.5) is 0 Å². The second-order valence-corrected chi connectivity index (χ2v) is 20.3. The van der Waals surface area contributed by atoms with E-state index in [2.05, 4.69) is 45.1 Å². The topological polar surface area (TPSA) is 78.9 Å². The van der Waals surface area contributed by atoms with Gasteiger partial charge in [0.2, 0.25) is 0 Å². The fraction of sp³-hybridized carbons (Fsp3) is 0.885. The van der Waals surface area contributed by atoms with Gasteiger partial charge in [-0.15, -0.1) is 0 Å². The van der Waals surface area contributed by atoms with Gasteiger partial charge in [0.1, 0.15) is 13.2 Å². The van der Waals surface area contributed by atoms with E-state index in [-0.39, 0.29) is 31.1 Å². The summed E-state index contributed by atoms with van der Waals surface area (Å²) in [5, 5.41) is 0. The molecule has 6 heteroatoms. The van der Waals surface area contributed by atoms with Crippen LogP contribution >= 0.6 is 0 Å². The van der Waals surface area contributed by atoms with Crippen molar-refractivity contribution >= 4 is 17.9 Å². The van der Waals surface area contributed by atoms with E-state index in [1.807, 2.05) is 0 Å². The Hall–Kier alpha value is -2.11. The van der Waals surface area contributed by atoms with Crippen LogP contribution < -0.4 is 0 Å². The molecule has 0 fully saturated rings. The fourth-order valence-corrected chi connectivity index (χ4v) is 8.95. The molecule has 1 unspecified atom stereocenters. The molecule has 0 saturated heterocycles. The van der Waals surface area contributed by atoms with E-state index in [9.17, 15) is 14.4 Å². The van der Waals surface area contributed by atoms with Gasteiger partial charge in [-0.05, 0) is 51.4 Å². The lowest BCUT2D eigenvalue weighted by molar-refractivity contribution is -0.167. The third-order valence-corrected chi connectivity index (χ3v) is 13.5. The van der Waals surface area contributed by atoms with E-state index in [4.69, 9.17) is 14.2 Å². The zero-order valence-corrected chi connectivity index (χ0v) is 45.2. The summed E-state index contributed by atoms with van der Waals surface area (Å²) in [6.45, 7) is 6.64. The van der Waals surface area contributed by atoms with Crippen molar-refractivity contribution in [3.8, 4) is 0 Å². The maximum absolute atomic E-state index is 12.8. The fourth-order valence-electron chi connectivity index (χ4n) is 8.95. The highest BCUT2D eigenvalue weighted by molar-refractivity contribution is 5.71. The molecule has 0 aliphatic rings. The minimum atomic E-state index is -0.764. The highest BCUT2D eigenvalue weighted by atomic mass is 16.6. The molecule has 0 amide bonds. The molecule has 0 rings (SSSR count). The maximum atomic E-state index is 12.8. The maximum Gasteiger partial charge on any atom is 0.306 e. The summed E-state index contributed by atoms with van der Waals surface area (Å²) in [7, 11) is 0. The zero-order chi connectivity index (χ0) is 48.6. The van der Waals surface area contributed by atoms with Gasteiger partial charge in [0, 0.05) is 19.3 Å². The van der Waals surface area contributed by atoms with E-state index >= 15 is 0 Å². The van der Waals surface area contributed by atoms with Gasteiger partial charge in [-0.2, -0.15) is 0 Å². The Bertz CT molecular complexity index is 1080. The highest BCUT2D eigenvalue weighted by Gasteiger charge is 2.19. The molecule has 0 aromatic carbocycles. The SMILES string of the molecule is CCCCCCC/C=C\C/C=C\CCCCCCCCCCCCCCCC(=O)OCC(COC(=O)CCCCCCCCC)OC(=O)CCCCCCCCCCCCCCCCCCC. The summed E-state index contributed by atoms with van der Waals surface area (Å²) in [6.07, 6.45) is 66.3. The number of esters is 3. The lowest BCUT2D eigenvalue weighted by atomic mass is 10.0. The number of ether oxygens (including phenoxy) is 3. The molecule has 0 aromatic rings. The van der Waals surface area contributed by atoms with Crippen molar-refractivity contribution in [2.24, 2.45) is 0 Å². The van der Waals surface area contributed by atoms with Crippen molar-refractivity contribution in [3.05, 3.63) is 24.3 Å². The minimum absolute atomic E-state index is 0.0664. The Morgan fingerprint density at radius 2 is 0.537 bits per heavy atom. The van der Waals surface area contributed by atoms with Crippen molar-refractivity contribution < 1.29 is 28.6 Å². The Balaban J connectivity index is 4.10. The van der Waals surface area contributed by atoms with Gasteiger partial charge in [-0.3, -0.25) is 14.4 Å². The average Bonchev–Trinajstić information content (AvgIpc) is 3.33. The number of carbonyl (C=O) groups excluding carboxylic acids is 3. The molecule has 6 nitrogen and oxygen atoms in total. The van der Waals surface area contributed by atoms with E-state index in [1.165, 1.54) is 225 Å². The largest absolute Gasteiger partial charge is 0.462 e. The molecular weight excluding hydrogens is 829 g/mol. The van der Waals surface area contributed by atoms with Crippen molar-refractivity contribution in [1.82, 2.24) is 0 Å². The van der Waals surface area contributed by atoms with Gasteiger partial charge in [0.15, 0.2) is 6.10 Å². The summed E-state index contributed by atoms with van der Waals surface area (Å²) < 4.78 is 16.8. The molecule has 394 valence electrons. The van der Waals surface area contributed by atoms with Crippen LogP contribution in [0.5, 0.6) is 0 Å². The highest BCUT2D eigenvalue weighted by Crippen LogP contribution is 2.17. The van der Waals surface area contributed by atoms with E-state index in [0.717, 1.165) is 64.2 Å². The molecule has 67 heavy (non-hydrogen) atoms. The summed E-state index contributed by atoms with van der Waals surface area (Å²) in [5.74, 6) is -0.853. The summed E-state index contributed by atoms with van der Waals surface area (Å²) in [4.78, 5) is 38.0. The number of carbonyl (C=O) groups is 3. The number of hydrogen-bond donors (Lipinski definition) is 0. The van der Waals surface area contributed by atoms with Crippen LogP contribution in [-0.4, -0.2) is 37.2 Å². The van der Waals surface area contributed by atoms with Crippen molar-refractivity contribution in [3.63, 3.8) is 0 Å². The molecule has 0 spiro atoms. The van der Waals surface area contributed by atoms with Gasteiger partial charge >= 0.3 is 17.9 Å². The molecule has 0 N–H and O–H groups in total. The third kappa shape index (κ3) is 54.7. The molecule has 0 bridgehead atoms. The normalized spacial score (nSPS) is 12.1. The third-order valence-electron chi connectivity index (χ3n) is 13.5. The molecule has 0 saturated carbocycles. The van der Waals surface area contributed by atoms with Gasteiger partial charge in [0.05, 0.1) is 0 Å². The van der Waals surface area contributed by atoms with E-state index in [0.29, 0.717) is 19.3 Å². The molecule has 0 heterocycles. The van der Waals surface area contributed by atoms with Crippen LogP contribution in [0.15, 0.2) is 24.3 Å². The van der Waals surface area contributed by atoms with Crippen LogP contribution in [0.2, 0.25) is 0 Å². The monoisotopic (exact) mass is 943 g/mol. The van der Waals surface area contributed by atoms with Crippen LogP contribution in [0.1, 0.15) is 329 Å². The van der Waals surface area contributed by atoms with Crippen molar-refractivity contribution in [2.75, 3.05) is 13.2 Å². The molecule has 0 aliphatic heterocycles. The number of rotatable bonds is 55. The molecule has 0 radical (unpaired) electrons. The second-order valence-electron chi connectivity index (χ2n) is 20.3. The second kappa shape index (κ2) is 56.5. The first kappa shape index (κ1) is 64.9. The Morgan fingerprint density at radius 3 is 0.821 bits per heavy atom. The smallest absolute Gasteiger partial charge is 0.306 e. The van der Waals surface area contributed by atoms with Gasteiger partial charge in [0.25, 0.3) is 0 Å². The van der Waals surface area contributed by atoms with Crippen LogP contribution in [-0.2, 0) is 28.6 Å². The first-order chi connectivity index (χ1) is 33.0. The summed E-state index contributed by atoms with van der Waals surface area (Å²) in [6, 6.07) is 0. The average molecular weight is 944 g/mol. The molecule has 0 aliphatic carbocycles. The Labute approximate surface area is 417 Å². The predicted molar refractivity (Wildman–Crippen MR) is 289 cm³/mol. The zero-order valence-electron chi connectivity index (χ0n) is 45.2. The number of unbranched alkanes of at least 4 members (excludes halogenated alkanes) is 40. The van der Waals surface area contributed by atoms with Crippen LogP contribution in [0.3, 0.4) is 0 Å². The van der Waals surface area contributed by atoms with E-state index in [1.54, 1.807) is 0 Å². The molecule has 0 aromatic heterocycles. The predicted octanol–water partition coefficient (Wildman–Crippen LogP) is 19.9. The first-order valence-corrected chi connectivity index (χ1v) is 29.8. The van der Waals surface area contributed by atoms with Gasteiger partial charge in [-0.25, -0.2) is 0 Å². The quantitative estimate of drug-likeness (QED) is 0.0262. The van der Waals surface area contributed by atoms with Crippen molar-refractivity contribution in [2.45, 2.75) is 335 Å². The first-order valence-electron chi connectivity index (χ1n) is 29.8. The Kier molecular flexibility index (Phi) is 54.7. The lowest BCUT2D eigenvalue weighted by Crippen LogP contribution is -2.30. The number of hydrogen-bond acceptors (Lipinski definition) is 6. The molecule has 1 atom stereocenters. The number of allylic oxidation sites excluding steroid dienone is 4. The van der Waals surface area contributed by atoms with Crippen LogP contribution in [0, 0.1) is 0 Å². The van der Waals surface area contributed by atoms with Gasteiger partial charge in [-0.1, -0.05) is 283 Å². The minimum Gasteiger partial charge on any atom is -0.462 e. The van der Waals surface area contributed by atoms with Crippen LogP contribution in [0.25, 0.3) is 0 Å². The Morgan fingerprint density at radius 1 is 0.299 bits per heavy atom. The lowest BCUT2D eigenvalue weighted by Gasteiger charge is -2.18. The molecular formula is C61H114O6. The van der Waals surface area contributed by atoms with E-state index < -0.39 is 6.10 Å². The summed E-state index contributed by atoms with van der Waals surface area (Å²) >= 11 is 0.